The van der Waals surface area contributed by atoms with Crippen LogP contribution < -0.4 is 5.32 Å². The highest BCUT2D eigenvalue weighted by molar-refractivity contribution is 6.12. The van der Waals surface area contributed by atoms with Crippen molar-refractivity contribution in [3.05, 3.63) is 47.3 Å². The molecule has 0 atom stereocenters. The molecule has 0 aliphatic heterocycles. The Morgan fingerprint density at radius 2 is 2.17 bits per heavy atom. The number of hydrogen-bond acceptors (Lipinski definition) is 2. The molecule has 0 fully saturated rings. The summed E-state index contributed by atoms with van der Waals surface area (Å²) >= 11 is 0. The molecule has 24 heavy (non-hydrogen) atoms. The lowest BCUT2D eigenvalue weighted by molar-refractivity contribution is 0.102. The van der Waals surface area contributed by atoms with Gasteiger partial charge in [0.05, 0.1) is 17.3 Å². The third-order valence-electron chi connectivity index (χ3n) is 4.77. The third kappa shape index (κ3) is 2.50. The average Bonchev–Trinajstić information content (AvgIpc) is 3.19. The summed E-state index contributed by atoms with van der Waals surface area (Å²) in [5.74, 6) is 0.659. The van der Waals surface area contributed by atoms with E-state index < -0.39 is 0 Å². The number of nitrogens with zero attached hydrogens (tertiary/aromatic N) is 2. The van der Waals surface area contributed by atoms with Crippen LogP contribution >= 0.6 is 0 Å². The number of carbonyl (C=O) groups is 1. The van der Waals surface area contributed by atoms with E-state index in [-0.39, 0.29) is 5.91 Å². The second-order valence-corrected chi connectivity index (χ2v) is 6.41. The zero-order valence-electron chi connectivity index (χ0n) is 13.9. The van der Waals surface area contributed by atoms with Gasteiger partial charge in [0.2, 0.25) is 0 Å². The van der Waals surface area contributed by atoms with E-state index in [0.717, 1.165) is 37.1 Å². The SMILES string of the molecule is CCCn1nccc1NC(=O)c1cccc2c3c([nH]c12)CCCC3. The standard InChI is InChI=1S/C19H22N4O/c1-2-12-23-17(10-11-20-23)22-19(24)15-8-5-7-14-13-6-3-4-9-16(13)21-18(14)15/h5,7-8,10-11,21H,2-4,6,9,12H2,1H3,(H,22,24). The minimum absolute atomic E-state index is 0.0861. The number of aromatic nitrogens is 3. The van der Waals surface area contributed by atoms with Crippen LogP contribution in [0.2, 0.25) is 0 Å². The number of anilines is 1. The number of aromatic amines is 1. The van der Waals surface area contributed by atoms with Crippen molar-refractivity contribution in [1.82, 2.24) is 14.8 Å². The van der Waals surface area contributed by atoms with Gasteiger partial charge in [0.1, 0.15) is 5.82 Å². The fourth-order valence-corrected chi connectivity index (χ4v) is 3.63. The number of aryl methyl sites for hydroxylation is 3. The first kappa shape index (κ1) is 15.0. The Morgan fingerprint density at radius 1 is 1.29 bits per heavy atom. The molecule has 2 aromatic heterocycles. The van der Waals surface area contributed by atoms with Gasteiger partial charge >= 0.3 is 0 Å². The molecule has 5 heteroatoms. The van der Waals surface area contributed by atoms with Crippen LogP contribution in [0.4, 0.5) is 5.82 Å². The van der Waals surface area contributed by atoms with Gasteiger partial charge in [0.25, 0.3) is 5.91 Å². The number of carbonyl (C=O) groups excluding carboxylic acids is 1. The number of para-hydroxylation sites is 1. The zero-order chi connectivity index (χ0) is 16.5. The Hall–Kier alpha value is -2.56. The van der Waals surface area contributed by atoms with Crippen molar-refractivity contribution >= 4 is 22.6 Å². The first-order chi connectivity index (χ1) is 11.8. The van der Waals surface area contributed by atoms with Crippen molar-refractivity contribution in [2.75, 3.05) is 5.32 Å². The van der Waals surface area contributed by atoms with E-state index in [9.17, 15) is 4.79 Å². The Balaban J connectivity index is 1.69. The Labute approximate surface area is 141 Å². The van der Waals surface area contributed by atoms with E-state index in [1.165, 1.54) is 29.5 Å². The van der Waals surface area contributed by atoms with E-state index >= 15 is 0 Å². The molecule has 0 radical (unpaired) electrons. The van der Waals surface area contributed by atoms with Gasteiger partial charge in [-0.05, 0) is 43.7 Å². The molecule has 0 bridgehead atoms. The summed E-state index contributed by atoms with van der Waals surface area (Å²) in [6, 6.07) is 7.82. The van der Waals surface area contributed by atoms with Crippen LogP contribution in [0.25, 0.3) is 10.9 Å². The van der Waals surface area contributed by atoms with Gasteiger partial charge in [0.15, 0.2) is 0 Å². The fourth-order valence-electron chi connectivity index (χ4n) is 3.63. The van der Waals surface area contributed by atoms with Crippen molar-refractivity contribution in [2.45, 2.75) is 45.6 Å². The maximum atomic E-state index is 12.8. The predicted octanol–water partition coefficient (Wildman–Crippen LogP) is 3.91. The van der Waals surface area contributed by atoms with Crippen LogP contribution in [0.1, 0.15) is 47.8 Å². The van der Waals surface area contributed by atoms with Gasteiger partial charge in [-0.25, -0.2) is 4.68 Å². The van der Waals surface area contributed by atoms with Gasteiger partial charge in [-0.1, -0.05) is 19.1 Å². The van der Waals surface area contributed by atoms with Crippen molar-refractivity contribution in [1.29, 1.82) is 0 Å². The van der Waals surface area contributed by atoms with E-state index in [4.69, 9.17) is 0 Å². The van der Waals surface area contributed by atoms with Gasteiger partial charge in [-0.2, -0.15) is 5.10 Å². The Bertz CT molecular complexity index is 890. The molecule has 2 heterocycles. The maximum absolute atomic E-state index is 12.8. The Morgan fingerprint density at radius 3 is 3.04 bits per heavy atom. The second-order valence-electron chi connectivity index (χ2n) is 6.41. The second kappa shape index (κ2) is 6.15. The molecule has 0 saturated carbocycles. The summed E-state index contributed by atoms with van der Waals surface area (Å²) in [7, 11) is 0. The fraction of sp³-hybridized carbons (Fsp3) is 0.368. The number of amides is 1. The minimum Gasteiger partial charge on any atom is -0.358 e. The van der Waals surface area contributed by atoms with Gasteiger partial charge < -0.3 is 10.3 Å². The molecule has 0 unspecified atom stereocenters. The summed E-state index contributed by atoms with van der Waals surface area (Å²) in [6.45, 7) is 2.89. The number of hydrogen-bond donors (Lipinski definition) is 2. The van der Waals surface area contributed by atoms with Crippen LogP contribution in [-0.2, 0) is 19.4 Å². The topological polar surface area (TPSA) is 62.7 Å². The van der Waals surface area contributed by atoms with Gasteiger partial charge in [0, 0.05) is 23.7 Å². The molecule has 1 aliphatic rings. The van der Waals surface area contributed by atoms with E-state index in [1.54, 1.807) is 6.20 Å². The maximum Gasteiger partial charge on any atom is 0.258 e. The van der Waals surface area contributed by atoms with Crippen LogP contribution in [-0.4, -0.2) is 20.7 Å². The Kier molecular flexibility index (Phi) is 3.84. The van der Waals surface area contributed by atoms with E-state index in [0.29, 0.717) is 5.56 Å². The summed E-state index contributed by atoms with van der Waals surface area (Å²) in [6.07, 6.45) is 7.32. The molecule has 2 N–H and O–H groups in total. The van der Waals surface area contributed by atoms with Crippen LogP contribution in [0, 0.1) is 0 Å². The summed E-state index contributed by atoms with van der Waals surface area (Å²) in [4.78, 5) is 16.3. The largest absolute Gasteiger partial charge is 0.358 e. The lowest BCUT2D eigenvalue weighted by Crippen LogP contribution is -2.16. The average molecular weight is 322 g/mol. The molecule has 1 aromatic carbocycles. The third-order valence-corrected chi connectivity index (χ3v) is 4.77. The van der Waals surface area contributed by atoms with Crippen LogP contribution in [0.3, 0.4) is 0 Å². The highest BCUT2D eigenvalue weighted by atomic mass is 16.1. The normalized spacial score (nSPS) is 13.9. The quantitative estimate of drug-likeness (QED) is 0.765. The van der Waals surface area contributed by atoms with Crippen LogP contribution in [0.5, 0.6) is 0 Å². The molecule has 1 amide bonds. The van der Waals surface area contributed by atoms with Crippen molar-refractivity contribution in [2.24, 2.45) is 0 Å². The van der Waals surface area contributed by atoms with Crippen LogP contribution in [0.15, 0.2) is 30.5 Å². The zero-order valence-corrected chi connectivity index (χ0v) is 13.9. The van der Waals surface area contributed by atoms with Gasteiger partial charge in [-0.3, -0.25) is 4.79 Å². The highest BCUT2D eigenvalue weighted by Crippen LogP contribution is 2.31. The number of benzene rings is 1. The van der Waals surface area contributed by atoms with Crippen molar-refractivity contribution in [3.8, 4) is 0 Å². The first-order valence-electron chi connectivity index (χ1n) is 8.73. The first-order valence-corrected chi connectivity index (χ1v) is 8.73. The molecule has 5 nitrogen and oxygen atoms in total. The smallest absolute Gasteiger partial charge is 0.258 e. The molecule has 1 aliphatic carbocycles. The summed E-state index contributed by atoms with van der Waals surface area (Å²) in [5.41, 5.74) is 4.35. The lowest BCUT2D eigenvalue weighted by Gasteiger charge is -2.10. The van der Waals surface area contributed by atoms with Gasteiger partial charge in [-0.15, -0.1) is 0 Å². The molecule has 4 rings (SSSR count). The lowest BCUT2D eigenvalue weighted by atomic mass is 9.95. The number of nitrogens with one attached hydrogen (secondary N) is 2. The molecule has 3 aromatic rings. The number of fused-ring (bicyclic) bond motifs is 3. The van der Waals surface area contributed by atoms with E-state index in [1.807, 2.05) is 22.9 Å². The molecule has 0 saturated heterocycles. The molecular weight excluding hydrogens is 300 g/mol. The number of rotatable bonds is 4. The minimum atomic E-state index is -0.0861. The van der Waals surface area contributed by atoms with Crippen molar-refractivity contribution in [3.63, 3.8) is 0 Å². The van der Waals surface area contributed by atoms with E-state index in [2.05, 4.69) is 28.4 Å². The molecule has 0 spiro atoms. The summed E-state index contributed by atoms with van der Waals surface area (Å²) in [5, 5.41) is 8.46. The predicted molar refractivity (Wildman–Crippen MR) is 95.4 cm³/mol. The highest BCUT2D eigenvalue weighted by Gasteiger charge is 2.19. The monoisotopic (exact) mass is 322 g/mol. The van der Waals surface area contributed by atoms with Crippen molar-refractivity contribution < 1.29 is 4.79 Å². The molecular formula is C19H22N4O. The summed E-state index contributed by atoms with van der Waals surface area (Å²) < 4.78 is 1.83. The molecule has 124 valence electrons. The number of H-pyrrole nitrogens is 1.